The zero-order valence-electron chi connectivity index (χ0n) is 11.4. The van der Waals surface area contributed by atoms with Crippen molar-refractivity contribution in [2.45, 2.75) is 19.4 Å². The number of benzene rings is 1. The average molecular weight is 272 g/mol. The van der Waals surface area contributed by atoms with Crippen LogP contribution in [0.15, 0.2) is 30.3 Å². The number of nitrogens with two attached hydrogens (primary N) is 1. The van der Waals surface area contributed by atoms with Crippen LogP contribution in [0, 0.1) is 12.7 Å². The van der Waals surface area contributed by atoms with Crippen LogP contribution >= 0.6 is 0 Å². The summed E-state index contributed by atoms with van der Waals surface area (Å²) in [5.41, 5.74) is 7.50. The average Bonchev–Trinajstić information content (AvgIpc) is 2.85. The highest BCUT2D eigenvalue weighted by atomic mass is 19.1. The van der Waals surface area contributed by atoms with Gasteiger partial charge in [0.25, 0.3) is 0 Å². The van der Waals surface area contributed by atoms with Gasteiger partial charge in [-0.15, -0.1) is 0 Å². The van der Waals surface area contributed by atoms with E-state index in [0.717, 1.165) is 31.0 Å². The van der Waals surface area contributed by atoms with Crippen molar-refractivity contribution in [1.29, 1.82) is 0 Å². The summed E-state index contributed by atoms with van der Waals surface area (Å²) >= 11 is 0. The van der Waals surface area contributed by atoms with Crippen LogP contribution in [0.3, 0.4) is 0 Å². The van der Waals surface area contributed by atoms with Crippen molar-refractivity contribution in [3.63, 3.8) is 0 Å². The predicted octanol–water partition coefficient (Wildman–Crippen LogP) is 2.13. The molecule has 1 aliphatic rings. The molecule has 2 N–H and O–H groups in total. The summed E-state index contributed by atoms with van der Waals surface area (Å²) in [6.45, 7) is 3.63. The Balaban J connectivity index is 1.98. The van der Waals surface area contributed by atoms with Crippen molar-refractivity contribution < 1.29 is 4.39 Å². The molecule has 1 unspecified atom stereocenters. The fraction of sp³-hybridized carbons (Fsp3) is 0.333. The fourth-order valence-corrected chi connectivity index (χ4v) is 2.47. The second-order valence-electron chi connectivity index (χ2n) is 5.20. The molecule has 0 amide bonds. The first-order chi connectivity index (χ1) is 9.61. The van der Waals surface area contributed by atoms with Crippen LogP contribution in [-0.4, -0.2) is 29.1 Å². The third-order valence-electron chi connectivity index (χ3n) is 3.47. The Hall–Kier alpha value is -2.01. The van der Waals surface area contributed by atoms with Crippen LogP contribution < -0.4 is 10.6 Å². The molecule has 1 aromatic carbocycles. The second kappa shape index (κ2) is 5.17. The van der Waals surface area contributed by atoms with Crippen LogP contribution in [0.1, 0.15) is 12.1 Å². The molecular formula is C15H17FN4. The van der Waals surface area contributed by atoms with Crippen LogP contribution in [-0.2, 0) is 0 Å². The van der Waals surface area contributed by atoms with Gasteiger partial charge in [0, 0.05) is 36.5 Å². The van der Waals surface area contributed by atoms with E-state index in [2.05, 4.69) is 14.9 Å². The number of hydrogen-bond donors (Lipinski definition) is 1. The van der Waals surface area contributed by atoms with Crippen molar-refractivity contribution in [3.05, 3.63) is 41.8 Å². The van der Waals surface area contributed by atoms with E-state index in [4.69, 9.17) is 5.73 Å². The number of nitrogens with zero attached hydrogens (tertiary/aromatic N) is 3. The van der Waals surface area contributed by atoms with Crippen molar-refractivity contribution in [2.24, 2.45) is 5.73 Å². The summed E-state index contributed by atoms with van der Waals surface area (Å²) in [7, 11) is 0. The van der Waals surface area contributed by atoms with Crippen LogP contribution in [0.5, 0.6) is 0 Å². The molecule has 1 aliphatic heterocycles. The quantitative estimate of drug-likeness (QED) is 0.910. The smallest absolute Gasteiger partial charge is 0.161 e. The minimum atomic E-state index is -0.280. The van der Waals surface area contributed by atoms with Crippen LogP contribution in [0.4, 0.5) is 10.2 Å². The lowest BCUT2D eigenvalue weighted by Gasteiger charge is -2.18. The number of aryl methyl sites for hydroxylation is 1. The summed E-state index contributed by atoms with van der Waals surface area (Å²) < 4.78 is 13.3. The van der Waals surface area contributed by atoms with Gasteiger partial charge >= 0.3 is 0 Å². The first kappa shape index (κ1) is 13.0. The maximum atomic E-state index is 13.3. The predicted molar refractivity (Wildman–Crippen MR) is 77.0 cm³/mol. The van der Waals surface area contributed by atoms with Crippen molar-refractivity contribution in [2.75, 3.05) is 18.0 Å². The number of hydrogen-bond acceptors (Lipinski definition) is 4. The van der Waals surface area contributed by atoms with Gasteiger partial charge in [-0.25, -0.2) is 14.4 Å². The topological polar surface area (TPSA) is 55.0 Å². The first-order valence-corrected chi connectivity index (χ1v) is 6.74. The summed E-state index contributed by atoms with van der Waals surface area (Å²) in [6.07, 6.45) is 0.971. The maximum absolute atomic E-state index is 13.3. The highest BCUT2D eigenvalue weighted by Crippen LogP contribution is 2.23. The van der Waals surface area contributed by atoms with Gasteiger partial charge in [0.15, 0.2) is 5.82 Å². The molecule has 1 fully saturated rings. The van der Waals surface area contributed by atoms with Gasteiger partial charge in [-0.05, 0) is 25.5 Å². The Bertz CT molecular complexity index is 629. The number of rotatable bonds is 2. The Labute approximate surface area is 117 Å². The molecule has 0 spiro atoms. The molecule has 0 aliphatic carbocycles. The summed E-state index contributed by atoms with van der Waals surface area (Å²) in [6, 6.07) is 8.50. The maximum Gasteiger partial charge on any atom is 0.161 e. The lowest BCUT2D eigenvalue weighted by atomic mass is 10.2. The highest BCUT2D eigenvalue weighted by Gasteiger charge is 2.21. The largest absolute Gasteiger partial charge is 0.355 e. The standard InChI is InChI=1S/C15H17FN4/c1-10-7-14(20-6-5-13(17)9-20)19-15(18-10)11-3-2-4-12(16)8-11/h2-4,7-8,13H,5-6,9,17H2,1H3. The normalized spacial score (nSPS) is 18.6. The minimum Gasteiger partial charge on any atom is -0.355 e. The molecule has 0 saturated carbocycles. The summed E-state index contributed by atoms with van der Waals surface area (Å²) in [5, 5.41) is 0. The minimum absolute atomic E-state index is 0.197. The van der Waals surface area contributed by atoms with Gasteiger partial charge in [-0.3, -0.25) is 0 Å². The van der Waals surface area contributed by atoms with E-state index in [-0.39, 0.29) is 11.9 Å². The molecule has 4 nitrogen and oxygen atoms in total. The fourth-order valence-electron chi connectivity index (χ4n) is 2.47. The van der Waals surface area contributed by atoms with Crippen molar-refractivity contribution in [3.8, 4) is 11.4 Å². The van der Waals surface area contributed by atoms with Gasteiger partial charge < -0.3 is 10.6 Å². The van der Waals surface area contributed by atoms with Crippen LogP contribution in [0.25, 0.3) is 11.4 Å². The van der Waals surface area contributed by atoms with E-state index < -0.39 is 0 Å². The summed E-state index contributed by atoms with van der Waals surface area (Å²) in [4.78, 5) is 11.1. The third kappa shape index (κ3) is 2.63. The Morgan fingerprint density at radius 3 is 2.85 bits per heavy atom. The molecule has 2 aromatic rings. The van der Waals surface area contributed by atoms with E-state index in [0.29, 0.717) is 11.4 Å². The lowest BCUT2D eigenvalue weighted by molar-refractivity contribution is 0.628. The molecule has 0 bridgehead atoms. The van der Waals surface area contributed by atoms with Gasteiger partial charge in [0.1, 0.15) is 11.6 Å². The molecule has 20 heavy (non-hydrogen) atoms. The molecule has 104 valence electrons. The van der Waals surface area contributed by atoms with Crippen molar-refractivity contribution in [1.82, 2.24) is 9.97 Å². The molecule has 1 saturated heterocycles. The third-order valence-corrected chi connectivity index (χ3v) is 3.47. The molecule has 0 radical (unpaired) electrons. The van der Waals surface area contributed by atoms with Gasteiger partial charge in [0.05, 0.1) is 0 Å². The zero-order chi connectivity index (χ0) is 14.1. The van der Waals surface area contributed by atoms with E-state index in [1.165, 1.54) is 12.1 Å². The molecule has 2 heterocycles. The van der Waals surface area contributed by atoms with E-state index in [1.807, 2.05) is 19.1 Å². The molecule has 5 heteroatoms. The monoisotopic (exact) mass is 272 g/mol. The van der Waals surface area contributed by atoms with Crippen LogP contribution in [0.2, 0.25) is 0 Å². The van der Waals surface area contributed by atoms with Gasteiger partial charge in [0.2, 0.25) is 0 Å². The zero-order valence-corrected chi connectivity index (χ0v) is 11.4. The molecule has 3 rings (SSSR count). The number of anilines is 1. The highest BCUT2D eigenvalue weighted by molar-refractivity contribution is 5.58. The first-order valence-electron chi connectivity index (χ1n) is 6.74. The SMILES string of the molecule is Cc1cc(N2CCC(N)C2)nc(-c2cccc(F)c2)n1. The summed E-state index contributed by atoms with van der Waals surface area (Å²) in [5.74, 6) is 1.14. The van der Waals surface area contributed by atoms with Gasteiger partial charge in [-0.1, -0.05) is 12.1 Å². The Morgan fingerprint density at radius 1 is 1.30 bits per heavy atom. The number of aromatic nitrogens is 2. The van der Waals surface area contributed by atoms with E-state index in [9.17, 15) is 4.39 Å². The van der Waals surface area contributed by atoms with E-state index in [1.54, 1.807) is 6.07 Å². The van der Waals surface area contributed by atoms with Crippen molar-refractivity contribution >= 4 is 5.82 Å². The Morgan fingerprint density at radius 2 is 2.15 bits per heavy atom. The molecule has 1 atom stereocenters. The molecule has 1 aromatic heterocycles. The second-order valence-corrected chi connectivity index (χ2v) is 5.20. The Kier molecular flexibility index (Phi) is 3.36. The molecular weight excluding hydrogens is 255 g/mol. The van der Waals surface area contributed by atoms with Gasteiger partial charge in [-0.2, -0.15) is 0 Å². The lowest BCUT2D eigenvalue weighted by Crippen LogP contribution is -2.27. The van der Waals surface area contributed by atoms with E-state index >= 15 is 0 Å². The number of halogens is 1.